The lowest BCUT2D eigenvalue weighted by molar-refractivity contribution is -0.161. The van der Waals surface area contributed by atoms with Crippen LogP contribution in [-0.4, -0.2) is 23.7 Å². The standard InChI is InChI=1S/C12H23NO2/c1-8-6-10(7-9(2)13-8)11(14)15-12(3,4)5/h8-10,13H,6-7H2,1-5H3/t8-,9+,10?. The summed E-state index contributed by atoms with van der Waals surface area (Å²) in [5, 5.41) is 3.42. The molecule has 1 saturated heterocycles. The highest BCUT2D eigenvalue weighted by Gasteiger charge is 2.31. The van der Waals surface area contributed by atoms with E-state index in [0.29, 0.717) is 12.1 Å². The number of rotatable bonds is 1. The maximum atomic E-state index is 11.9. The summed E-state index contributed by atoms with van der Waals surface area (Å²) in [5.41, 5.74) is -0.367. The van der Waals surface area contributed by atoms with E-state index in [4.69, 9.17) is 4.74 Å². The summed E-state index contributed by atoms with van der Waals surface area (Å²) in [4.78, 5) is 11.9. The van der Waals surface area contributed by atoms with Gasteiger partial charge in [0.2, 0.25) is 0 Å². The molecule has 0 aromatic heterocycles. The fourth-order valence-corrected chi connectivity index (χ4v) is 2.15. The van der Waals surface area contributed by atoms with Crippen molar-refractivity contribution < 1.29 is 9.53 Å². The van der Waals surface area contributed by atoms with E-state index in [0.717, 1.165) is 12.8 Å². The van der Waals surface area contributed by atoms with E-state index in [1.807, 2.05) is 20.8 Å². The average molecular weight is 213 g/mol. The second kappa shape index (κ2) is 4.52. The molecule has 1 N–H and O–H groups in total. The van der Waals surface area contributed by atoms with Gasteiger partial charge >= 0.3 is 5.97 Å². The van der Waals surface area contributed by atoms with E-state index >= 15 is 0 Å². The molecular weight excluding hydrogens is 190 g/mol. The van der Waals surface area contributed by atoms with Gasteiger partial charge in [-0.05, 0) is 47.5 Å². The third kappa shape index (κ3) is 4.20. The van der Waals surface area contributed by atoms with Gasteiger partial charge in [0.05, 0.1) is 5.92 Å². The number of hydrogen-bond donors (Lipinski definition) is 1. The first-order valence-corrected chi connectivity index (χ1v) is 5.77. The molecule has 1 heterocycles. The van der Waals surface area contributed by atoms with Crippen molar-refractivity contribution in [3.05, 3.63) is 0 Å². The van der Waals surface area contributed by atoms with Crippen LogP contribution in [0.3, 0.4) is 0 Å². The zero-order chi connectivity index (χ0) is 11.6. The SMILES string of the molecule is C[C@@H]1CC(C(=O)OC(C)(C)C)C[C@H](C)N1. The van der Waals surface area contributed by atoms with Crippen LogP contribution in [0.15, 0.2) is 0 Å². The van der Waals surface area contributed by atoms with Crippen LogP contribution in [0, 0.1) is 5.92 Å². The van der Waals surface area contributed by atoms with Crippen LogP contribution in [0.1, 0.15) is 47.5 Å². The zero-order valence-electron chi connectivity index (χ0n) is 10.5. The fraction of sp³-hybridized carbons (Fsp3) is 0.917. The first-order valence-electron chi connectivity index (χ1n) is 5.77. The van der Waals surface area contributed by atoms with E-state index in [2.05, 4.69) is 19.2 Å². The molecule has 1 unspecified atom stereocenters. The van der Waals surface area contributed by atoms with Crippen LogP contribution in [-0.2, 0) is 9.53 Å². The molecule has 0 amide bonds. The van der Waals surface area contributed by atoms with E-state index < -0.39 is 0 Å². The molecule has 88 valence electrons. The summed E-state index contributed by atoms with van der Waals surface area (Å²) in [7, 11) is 0. The zero-order valence-corrected chi connectivity index (χ0v) is 10.5. The second-order valence-electron chi connectivity index (χ2n) is 5.67. The molecule has 1 aliphatic heterocycles. The Balaban J connectivity index is 2.52. The van der Waals surface area contributed by atoms with Crippen molar-refractivity contribution in [1.82, 2.24) is 5.32 Å². The van der Waals surface area contributed by atoms with Gasteiger partial charge in [0.15, 0.2) is 0 Å². The number of ether oxygens (including phenoxy) is 1. The van der Waals surface area contributed by atoms with Crippen molar-refractivity contribution in [2.45, 2.75) is 65.1 Å². The van der Waals surface area contributed by atoms with Crippen molar-refractivity contribution in [3.63, 3.8) is 0 Å². The highest BCUT2D eigenvalue weighted by Crippen LogP contribution is 2.23. The molecule has 3 atom stereocenters. The highest BCUT2D eigenvalue weighted by atomic mass is 16.6. The number of hydrogen-bond acceptors (Lipinski definition) is 3. The molecule has 3 nitrogen and oxygen atoms in total. The molecule has 3 heteroatoms. The Hall–Kier alpha value is -0.570. The summed E-state index contributed by atoms with van der Waals surface area (Å²) < 4.78 is 5.41. The molecule has 0 spiro atoms. The average Bonchev–Trinajstić information content (AvgIpc) is 1.98. The van der Waals surface area contributed by atoms with Crippen molar-refractivity contribution in [1.29, 1.82) is 0 Å². The predicted octanol–water partition coefficient (Wildman–Crippen LogP) is 2.10. The Labute approximate surface area is 92.6 Å². The minimum atomic E-state index is -0.367. The summed E-state index contributed by atoms with van der Waals surface area (Å²) in [5.74, 6) is 0.0261. The van der Waals surface area contributed by atoms with Crippen LogP contribution >= 0.6 is 0 Å². The van der Waals surface area contributed by atoms with Crippen LogP contribution in [0.25, 0.3) is 0 Å². The van der Waals surface area contributed by atoms with Gasteiger partial charge in [0.25, 0.3) is 0 Å². The minimum Gasteiger partial charge on any atom is -0.460 e. The quantitative estimate of drug-likeness (QED) is 0.678. The summed E-state index contributed by atoms with van der Waals surface area (Å²) in [6.45, 7) is 9.98. The first kappa shape index (κ1) is 12.5. The molecule has 0 aromatic carbocycles. The number of piperidine rings is 1. The van der Waals surface area contributed by atoms with Crippen LogP contribution in [0.4, 0.5) is 0 Å². The molecule has 0 saturated carbocycles. The first-order chi connectivity index (χ1) is 6.78. The van der Waals surface area contributed by atoms with Crippen LogP contribution < -0.4 is 5.32 Å². The van der Waals surface area contributed by atoms with E-state index in [1.165, 1.54) is 0 Å². The van der Waals surface area contributed by atoms with Gasteiger partial charge in [0, 0.05) is 12.1 Å². The summed E-state index contributed by atoms with van der Waals surface area (Å²) in [6.07, 6.45) is 1.78. The lowest BCUT2D eigenvalue weighted by Crippen LogP contribution is -2.45. The Morgan fingerprint density at radius 2 is 1.67 bits per heavy atom. The fourth-order valence-electron chi connectivity index (χ4n) is 2.15. The summed E-state index contributed by atoms with van der Waals surface area (Å²) >= 11 is 0. The van der Waals surface area contributed by atoms with Gasteiger partial charge in [-0.15, -0.1) is 0 Å². The van der Waals surface area contributed by atoms with E-state index in [1.54, 1.807) is 0 Å². The smallest absolute Gasteiger partial charge is 0.309 e. The lowest BCUT2D eigenvalue weighted by atomic mass is 9.89. The van der Waals surface area contributed by atoms with Gasteiger partial charge in [0.1, 0.15) is 5.60 Å². The Morgan fingerprint density at radius 1 is 1.20 bits per heavy atom. The molecule has 1 aliphatic rings. The maximum absolute atomic E-state index is 11.9. The third-order valence-electron chi connectivity index (χ3n) is 2.59. The number of nitrogens with one attached hydrogen (secondary N) is 1. The topological polar surface area (TPSA) is 38.3 Å². The van der Waals surface area contributed by atoms with Gasteiger partial charge < -0.3 is 10.1 Å². The van der Waals surface area contributed by atoms with Gasteiger partial charge in [-0.25, -0.2) is 0 Å². The summed E-state index contributed by atoms with van der Waals surface area (Å²) in [6, 6.07) is 0.817. The molecule has 0 aliphatic carbocycles. The van der Waals surface area contributed by atoms with Crippen molar-refractivity contribution >= 4 is 5.97 Å². The Bertz CT molecular complexity index is 222. The van der Waals surface area contributed by atoms with Gasteiger partial charge in [-0.3, -0.25) is 4.79 Å². The molecular formula is C12H23NO2. The number of carbonyl (C=O) groups excluding carboxylic acids is 1. The molecule has 1 fully saturated rings. The minimum absolute atomic E-state index is 0.0392. The normalized spacial score (nSPS) is 32.5. The molecule has 15 heavy (non-hydrogen) atoms. The molecule has 0 bridgehead atoms. The van der Waals surface area contributed by atoms with Crippen molar-refractivity contribution in [2.75, 3.05) is 0 Å². The number of esters is 1. The maximum Gasteiger partial charge on any atom is 0.309 e. The highest BCUT2D eigenvalue weighted by molar-refractivity contribution is 5.73. The monoisotopic (exact) mass is 213 g/mol. The van der Waals surface area contributed by atoms with Gasteiger partial charge in [-0.2, -0.15) is 0 Å². The molecule has 1 rings (SSSR count). The van der Waals surface area contributed by atoms with Gasteiger partial charge in [-0.1, -0.05) is 0 Å². The van der Waals surface area contributed by atoms with E-state index in [9.17, 15) is 4.79 Å². The lowest BCUT2D eigenvalue weighted by Gasteiger charge is -2.33. The second-order valence-corrected chi connectivity index (χ2v) is 5.67. The van der Waals surface area contributed by atoms with Crippen molar-refractivity contribution in [3.8, 4) is 0 Å². The predicted molar refractivity (Wildman–Crippen MR) is 60.6 cm³/mol. The largest absolute Gasteiger partial charge is 0.460 e. The molecule has 0 aromatic rings. The number of carbonyl (C=O) groups is 1. The van der Waals surface area contributed by atoms with Crippen molar-refractivity contribution in [2.24, 2.45) is 5.92 Å². The van der Waals surface area contributed by atoms with E-state index in [-0.39, 0.29) is 17.5 Å². The molecule has 0 radical (unpaired) electrons. The Morgan fingerprint density at radius 3 is 2.07 bits per heavy atom. The van der Waals surface area contributed by atoms with Crippen LogP contribution in [0.2, 0.25) is 0 Å². The Kier molecular flexibility index (Phi) is 3.77. The third-order valence-corrected chi connectivity index (χ3v) is 2.59. The van der Waals surface area contributed by atoms with Crippen LogP contribution in [0.5, 0.6) is 0 Å².